The number of carbonyl (C=O) groups is 1. The Labute approximate surface area is 153 Å². The van der Waals surface area contributed by atoms with Crippen LogP contribution in [-0.4, -0.2) is 37.7 Å². The molecule has 140 valence electrons. The molecule has 2 aliphatic carbocycles. The Morgan fingerprint density at radius 2 is 1.96 bits per heavy atom. The molecule has 3 fully saturated rings. The number of nitrogens with one attached hydrogen (secondary N) is 2. The van der Waals surface area contributed by atoms with Crippen molar-refractivity contribution in [3.05, 3.63) is 0 Å². The molecule has 0 radical (unpaired) electrons. The molecule has 1 aliphatic heterocycles. The van der Waals surface area contributed by atoms with E-state index in [1.165, 1.54) is 38.5 Å². The molecular weight excluding hydrogens is 324 g/mol. The van der Waals surface area contributed by atoms with E-state index in [0.717, 1.165) is 26.1 Å². The number of ether oxygens (including phenoxy) is 1. The first-order valence-electron chi connectivity index (χ1n) is 9.77. The third-order valence-corrected chi connectivity index (χ3v) is 6.72. The summed E-state index contributed by atoms with van der Waals surface area (Å²) in [5.74, 6) is 1.47. The van der Waals surface area contributed by atoms with Crippen molar-refractivity contribution < 1.29 is 9.53 Å². The first-order chi connectivity index (χ1) is 11.2. The fourth-order valence-corrected chi connectivity index (χ4v) is 5.21. The van der Waals surface area contributed by atoms with Crippen LogP contribution < -0.4 is 10.6 Å². The van der Waals surface area contributed by atoms with Gasteiger partial charge >= 0.3 is 0 Å². The second-order valence-corrected chi connectivity index (χ2v) is 8.01. The average Bonchev–Trinajstić information content (AvgIpc) is 3.07. The highest BCUT2D eigenvalue weighted by molar-refractivity contribution is 5.85. The Morgan fingerprint density at radius 3 is 2.58 bits per heavy atom. The van der Waals surface area contributed by atoms with E-state index in [1.807, 2.05) is 0 Å². The van der Waals surface area contributed by atoms with Crippen molar-refractivity contribution in [2.24, 2.45) is 17.3 Å². The normalized spacial score (nSPS) is 30.4. The van der Waals surface area contributed by atoms with Gasteiger partial charge in [-0.2, -0.15) is 0 Å². The van der Waals surface area contributed by atoms with Crippen LogP contribution in [0.15, 0.2) is 0 Å². The van der Waals surface area contributed by atoms with Crippen molar-refractivity contribution >= 4 is 18.3 Å². The van der Waals surface area contributed by atoms with Crippen LogP contribution in [0.5, 0.6) is 0 Å². The first kappa shape index (κ1) is 20.0. The molecule has 1 spiro atoms. The van der Waals surface area contributed by atoms with E-state index in [4.69, 9.17) is 4.74 Å². The molecule has 1 saturated heterocycles. The van der Waals surface area contributed by atoms with Gasteiger partial charge in [0.1, 0.15) is 0 Å². The number of amides is 1. The molecule has 2 saturated carbocycles. The Kier molecular flexibility index (Phi) is 7.39. The number of carbonyl (C=O) groups excluding carboxylic acids is 1. The summed E-state index contributed by atoms with van der Waals surface area (Å²) in [7, 11) is 0. The lowest BCUT2D eigenvalue weighted by Gasteiger charge is -2.54. The van der Waals surface area contributed by atoms with Crippen LogP contribution in [0.3, 0.4) is 0 Å². The van der Waals surface area contributed by atoms with Crippen molar-refractivity contribution in [1.82, 2.24) is 10.6 Å². The lowest BCUT2D eigenvalue weighted by Crippen LogP contribution is -2.63. The van der Waals surface area contributed by atoms with Gasteiger partial charge in [0.2, 0.25) is 5.91 Å². The molecule has 0 aromatic carbocycles. The van der Waals surface area contributed by atoms with E-state index < -0.39 is 0 Å². The van der Waals surface area contributed by atoms with Crippen molar-refractivity contribution in [2.75, 3.05) is 19.7 Å². The molecule has 0 aromatic heterocycles. The maximum atomic E-state index is 12.5. The van der Waals surface area contributed by atoms with Crippen molar-refractivity contribution in [1.29, 1.82) is 0 Å². The summed E-state index contributed by atoms with van der Waals surface area (Å²) in [5.41, 5.74) is 0.254. The smallest absolute Gasteiger partial charge is 0.220 e. The van der Waals surface area contributed by atoms with Gasteiger partial charge in [-0.25, -0.2) is 0 Å². The Morgan fingerprint density at radius 1 is 1.29 bits per heavy atom. The Balaban J connectivity index is 0.00000208. The standard InChI is InChI=1S/C19H34N2O2.ClH/c1-3-23-17-13-16(19(17)8-4-5-9-19)21-18(22)12-14(2)15-6-10-20-11-7-15;/h14-17,20H,3-13H2,1-2H3,(H,21,22);1H. The zero-order chi connectivity index (χ0) is 16.3. The summed E-state index contributed by atoms with van der Waals surface area (Å²) in [6.45, 7) is 7.34. The molecule has 1 heterocycles. The van der Waals surface area contributed by atoms with Crippen LogP contribution in [-0.2, 0) is 9.53 Å². The van der Waals surface area contributed by atoms with Gasteiger partial charge in [-0.1, -0.05) is 19.8 Å². The minimum Gasteiger partial charge on any atom is -0.378 e. The SMILES string of the molecule is CCOC1CC(NC(=O)CC(C)C2CCNCC2)C12CCCC2.Cl. The highest BCUT2D eigenvalue weighted by atomic mass is 35.5. The number of piperidine rings is 1. The van der Waals surface area contributed by atoms with Gasteiger partial charge in [0.05, 0.1) is 6.10 Å². The maximum Gasteiger partial charge on any atom is 0.220 e. The zero-order valence-corrected chi connectivity index (χ0v) is 16.1. The third kappa shape index (κ3) is 4.08. The quantitative estimate of drug-likeness (QED) is 0.766. The molecule has 4 nitrogen and oxygen atoms in total. The fraction of sp³-hybridized carbons (Fsp3) is 0.947. The van der Waals surface area contributed by atoms with Crippen LogP contribution >= 0.6 is 12.4 Å². The second kappa shape index (κ2) is 8.86. The average molecular weight is 359 g/mol. The van der Waals surface area contributed by atoms with Crippen LogP contribution in [0.2, 0.25) is 0 Å². The lowest BCUT2D eigenvalue weighted by atomic mass is 9.60. The largest absolute Gasteiger partial charge is 0.378 e. The van der Waals surface area contributed by atoms with Gasteiger partial charge in [0, 0.05) is 24.5 Å². The molecule has 0 bridgehead atoms. The van der Waals surface area contributed by atoms with Crippen LogP contribution in [0.25, 0.3) is 0 Å². The van der Waals surface area contributed by atoms with Gasteiger partial charge < -0.3 is 15.4 Å². The molecule has 0 aromatic rings. The molecule has 3 rings (SSSR count). The Hall–Kier alpha value is -0.320. The van der Waals surface area contributed by atoms with Gasteiger partial charge in [-0.15, -0.1) is 12.4 Å². The predicted molar refractivity (Wildman–Crippen MR) is 99.5 cm³/mol. The predicted octanol–water partition coefficient (Wildman–Crippen LogP) is 3.29. The second-order valence-electron chi connectivity index (χ2n) is 8.01. The first-order valence-corrected chi connectivity index (χ1v) is 9.77. The summed E-state index contributed by atoms with van der Waals surface area (Å²) >= 11 is 0. The zero-order valence-electron chi connectivity index (χ0n) is 15.3. The minimum atomic E-state index is 0. The molecule has 3 atom stereocenters. The summed E-state index contributed by atoms with van der Waals surface area (Å²) in [6, 6.07) is 0.356. The lowest BCUT2D eigenvalue weighted by molar-refractivity contribution is -0.144. The fourth-order valence-electron chi connectivity index (χ4n) is 5.21. The number of rotatable bonds is 6. The van der Waals surface area contributed by atoms with Gasteiger partial charge in [-0.3, -0.25) is 4.79 Å². The van der Waals surface area contributed by atoms with Crippen LogP contribution in [0, 0.1) is 17.3 Å². The number of hydrogen-bond acceptors (Lipinski definition) is 3. The highest BCUT2D eigenvalue weighted by Gasteiger charge is 2.57. The number of halogens is 1. The van der Waals surface area contributed by atoms with Gasteiger partial charge in [0.25, 0.3) is 0 Å². The molecule has 5 heteroatoms. The summed E-state index contributed by atoms with van der Waals surface area (Å²) < 4.78 is 5.95. The molecular formula is C19H35ClN2O2. The van der Waals surface area contributed by atoms with E-state index >= 15 is 0 Å². The minimum absolute atomic E-state index is 0. The number of hydrogen-bond donors (Lipinski definition) is 2. The maximum absolute atomic E-state index is 12.5. The topological polar surface area (TPSA) is 50.4 Å². The van der Waals surface area contributed by atoms with Crippen LogP contribution in [0.4, 0.5) is 0 Å². The van der Waals surface area contributed by atoms with Crippen molar-refractivity contribution in [3.63, 3.8) is 0 Å². The van der Waals surface area contributed by atoms with E-state index in [1.54, 1.807) is 0 Å². The van der Waals surface area contributed by atoms with Crippen LogP contribution in [0.1, 0.15) is 65.2 Å². The van der Waals surface area contributed by atoms with Gasteiger partial charge in [-0.05, 0) is 64.0 Å². The highest BCUT2D eigenvalue weighted by Crippen LogP contribution is 2.54. The summed E-state index contributed by atoms with van der Waals surface area (Å²) in [6.07, 6.45) is 9.56. The van der Waals surface area contributed by atoms with E-state index in [2.05, 4.69) is 24.5 Å². The summed E-state index contributed by atoms with van der Waals surface area (Å²) in [4.78, 5) is 12.5. The van der Waals surface area contributed by atoms with Gasteiger partial charge in [0.15, 0.2) is 0 Å². The third-order valence-electron chi connectivity index (χ3n) is 6.72. The molecule has 1 amide bonds. The molecule has 3 unspecified atom stereocenters. The molecule has 2 N–H and O–H groups in total. The van der Waals surface area contributed by atoms with Crippen molar-refractivity contribution in [3.8, 4) is 0 Å². The molecule has 24 heavy (non-hydrogen) atoms. The monoisotopic (exact) mass is 358 g/mol. The van der Waals surface area contributed by atoms with E-state index in [0.29, 0.717) is 30.4 Å². The summed E-state index contributed by atoms with van der Waals surface area (Å²) in [5, 5.41) is 6.78. The van der Waals surface area contributed by atoms with E-state index in [9.17, 15) is 4.79 Å². The molecule has 3 aliphatic rings. The van der Waals surface area contributed by atoms with E-state index in [-0.39, 0.29) is 23.7 Å². The van der Waals surface area contributed by atoms with Crippen molar-refractivity contribution in [2.45, 2.75) is 77.4 Å². The Bertz CT molecular complexity index is 406.